The highest BCUT2D eigenvalue weighted by atomic mass is 19.1. The van der Waals surface area contributed by atoms with E-state index in [1.54, 1.807) is 11.0 Å². The van der Waals surface area contributed by atoms with Gasteiger partial charge in [0.05, 0.1) is 12.5 Å². The number of nitrogens with one attached hydrogen (secondary N) is 1. The predicted octanol–water partition coefficient (Wildman–Crippen LogP) is 4.99. The molecule has 0 bridgehead atoms. The Morgan fingerprint density at radius 3 is 2.38 bits per heavy atom. The van der Waals surface area contributed by atoms with Crippen molar-refractivity contribution in [1.29, 1.82) is 0 Å². The smallest absolute Gasteiger partial charge is 0.410 e. The molecule has 1 saturated heterocycles. The van der Waals surface area contributed by atoms with Gasteiger partial charge in [-0.25, -0.2) is 18.6 Å². The molecule has 9 heteroatoms. The number of likely N-dealkylation sites (tertiary alicyclic amines) is 1. The van der Waals surface area contributed by atoms with E-state index in [-0.39, 0.29) is 28.7 Å². The summed E-state index contributed by atoms with van der Waals surface area (Å²) in [5, 5.41) is 0.0844. The van der Waals surface area contributed by atoms with Crippen LogP contribution in [0.3, 0.4) is 0 Å². The van der Waals surface area contributed by atoms with E-state index < -0.39 is 22.8 Å². The third-order valence-corrected chi connectivity index (χ3v) is 5.80. The van der Waals surface area contributed by atoms with Crippen molar-refractivity contribution in [2.75, 3.05) is 20.2 Å². The Hall–Kier alpha value is -3.49. The highest BCUT2D eigenvalue weighted by Crippen LogP contribution is 2.30. The minimum atomic E-state index is -0.665. The number of methoxy groups -OCH3 is 1. The predicted molar refractivity (Wildman–Crippen MR) is 124 cm³/mol. The Morgan fingerprint density at radius 2 is 1.76 bits per heavy atom. The quantitative estimate of drug-likeness (QED) is 0.582. The molecule has 0 spiro atoms. The summed E-state index contributed by atoms with van der Waals surface area (Å²) in [7, 11) is 1.36. The van der Waals surface area contributed by atoms with Crippen LogP contribution in [0, 0.1) is 11.6 Å². The molecule has 1 amide bonds. The van der Waals surface area contributed by atoms with E-state index >= 15 is 4.39 Å². The van der Waals surface area contributed by atoms with Gasteiger partial charge in [-0.2, -0.15) is 0 Å². The summed E-state index contributed by atoms with van der Waals surface area (Å²) < 4.78 is 39.5. The second kappa shape index (κ2) is 9.04. The fraction of sp³-hybridized carbons (Fsp3) is 0.400. The zero-order chi connectivity index (χ0) is 24.6. The SMILES string of the molecule is COc1ccc(-c2cc(F)c3nc(C4CCN(C(=O)OC(C)(C)C)CC4)[nH]c(=O)c3c2)cc1F. The average Bonchev–Trinajstić information content (AvgIpc) is 2.78. The normalized spacial score (nSPS) is 14.9. The van der Waals surface area contributed by atoms with Crippen molar-refractivity contribution in [3.63, 3.8) is 0 Å². The molecule has 1 N–H and O–H groups in total. The summed E-state index contributed by atoms with van der Waals surface area (Å²) >= 11 is 0. The van der Waals surface area contributed by atoms with Gasteiger partial charge in [0.25, 0.3) is 5.56 Å². The maximum absolute atomic E-state index is 15.0. The van der Waals surface area contributed by atoms with E-state index in [4.69, 9.17) is 9.47 Å². The van der Waals surface area contributed by atoms with Gasteiger partial charge in [0.1, 0.15) is 22.8 Å². The largest absolute Gasteiger partial charge is 0.494 e. The van der Waals surface area contributed by atoms with Crippen LogP contribution in [0.5, 0.6) is 5.75 Å². The average molecular weight is 472 g/mol. The summed E-state index contributed by atoms with van der Waals surface area (Å²) in [5.74, 6) is -0.899. The van der Waals surface area contributed by atoms with Crippen molar-refractivity contribution in [3.8, 4) is 16.9 Å². The van der Waals surface area contributed by atoms with E-state index in [1.165, 1.54) is 31.4 Å². The van der Waals surface area contributed by atoms with E-state index in [9.17, 15) is 14.0 Å². The van der Waals surface area contributed by atoms with Crippen LogP contribution in [0.2, 0.25) is 0 Å². The van der Waals surface area contributed by atoms with Crippen LogP contribution in [0.15, 0.2) is 35.1 Å². The van der Waals surface area contributed by atoms with Gasteiger partial charge in [0.2, 0.25) is 0 Å². The van der Waals surface area contributed by atoms with Gasteiger partial charge in [-0.15, -0.1) is 0 Å². The van der Waals surface area contributed by atoms with Gasteiger partial charge in [-0.3, -0.25) is 4.79 Å². The molecule has 1 aliphatic heterocycles. The van der Waals surface area contributed by atoms with Crippen LogP contribution >= 0.6 is 0 Å². The number of hydrogen-bond donors (Lipinski definition) is 1. The van der Waals surface area contributed by atoms with Crippen LogP contribution in [-0.4, -0.2) is 46.8 Å². The third-order valence-electron chi connectivity index (χ3n) is 5.80. The third kappa shape index (κ3) is 4.88. The minimum Gasteiger partial charge on any atom is -0.494 e. The first-order valence-electron chi connectivity index (χ1n) is 11.1. The number of aromatic nitrogens is 2. The van der Waals surface area contributed by atoms with Crippen molar-refractivity contribution in [2.45, 2.75) is 45.1 Å². The first kappa shape index (κ1) is 23.7. The molecule has 0 atom stereocenters. The van der Waals surface area contributed by atoms with Gasteiger partial charge in [-0.05, 0) is 69.0 Å². The van der Waals surface area contributed by atoms with Gasteiger partial charge < -0.3 is 19.4 Å². The molecule has 1 fully saturated rings. The first-order valence-corrected chi connectivity index (χ1v) is 11.1. The number of hydrogen-bond acceptors (Lipinski definition) is 5. The molecular weight excluding hydrogens is 444 g/mol. The van der Waals surface area contributed by atoms with E-state index in [0.717, 1.165) is 0 Å². The number of carbonyl (C=O) groups excluding carboxylic acids is 1. The molecule has 1 aliphatic rings. The van der Waals surface area contributed by atoms with Crippen LogP contribution < -0.4 is 10.3 Å². The van der Waals surface area contributed by atoms with Crippen molar-refractivity contribution in [3.05, 3.63) is 58.1 Å². The summed E-state index contributed by atoms with van der Waals surface area (Å²) in [4.78, 5) is 33.9. The molecule has 0 unspecified atom stereocenters. The molecule has 1 aromatic heterocycles. The number of amides is 1. The lowest BCUT2D eigenvalue weighted by Gasteiger charge is -2.33. The fourth-order valence-electron chi connectivity index (χ4n) is 4.09. The molecule has 180 valence electrons. The number of fused-ring (bicyclic) bond motifs is 1. The lowest BCUT2D eigenvalue weighted by atomic mass is 9.95. The zero-order valence-electron chi connectivity index (χ0n) is 19.6. The summed E-state index contributed by atoms with van der Waals surface area (Å²) in [6.07, 6.45) is 0.760. The van der Waals surface area contributed by atoms with Crippen molar-refractivity contribution < 1.29 is 23.0 Å². The highest BCUT2D eigenvalue weighted by molar-refractivity contribution is 5.84. The number of ether oxygens (including phenoxy) is 2. The second-order valence-corrected chi connectivity index (χ2v) is 9.40. The van der Waals surface area contributed by atoms with E-state index in [2.05, 4.69) is 9.97 Å². The summed E-state index contributed by atoms with van der Waals surface area (Å²) in [6, 6.07) is 7.01. The van der Waals surface area contributed by atoms with Crippen LogP contribution in [0.25, 0.3) is 22.0 Å². The molecule has 2 aromatic carbocycles. The minimum absolute atomic E-state index is 0.0361. The van der Waals surface area contributed by atoms with Crippen molar-refractivity contribution in [2.24, 2.45) is 0 Å². The highest BCUT2D eigenvalue weighted by Gasteiger charge is 2.29. The maximum atomic E-state index is 15.0. The molecule has 4 rings (SSSR count). The van der Waals surface area contributed by atoms with Gasteiger partial charge >= 0.3 is 6.09 Å². The fourth-order valence-corrected chi connectivity index (χ4v) is 4.09. The standard InChI is InChI=1S/C25H27F2N3O4/c1-25(2,3)34-24(32)30-9-7-14(8-10-30)22-28-21-17(23(31)29-22)11-16(13-19(21)27)15-5-6-20(33-4)18(26)12-15/h5-6,11-14H,7-10H2,1-4H3,(H,28,29,31). The summed E-state index contributed by atoms with van der Waals surface area (Å²) in [6.45, 7) is 6.34. The monoisotopic (exact) mass is 471 g/mol. The lowest BCUT2D eigenvalue weighted by Crippen LogP contribution is -2.41. The molecule has 7 nitrogen and oxygen atoms in total. The van der Waals surface area contributed by atoms with Crippen LogP contribution in [0.1, 0.15) is 45.4 Å². The van der Waals surface area contributed by atoms with Crippen molar-refractivity contribution >= 4 is 17.0 Å². The van der Waals surface area contributed by atoms with Crippen molar-refractivity contribution in [1.82, 2.24) is 14.9 Å². The topological polar surface area (TPSA) is 84.5 Å². The number of aromatic amines is 1. The number of carbonyl (C=O) groups is 1. The van der Waals surface area contributed by atoms with E-state index in [1.807, 2.05) is 20.8 Å². The Kier molecular flexibility index (Phi) is 6.29. The number of rotatable bonds is 3. The maximum Gasteiger partial charge on any atom is 0.410 e. The molecule has 2 heterocycles. The number of halogens is 2. The lowest BCUT2D eigenvalue weighted by molar-refractivity contribution is 0.0203. The Bertz CT molecular complexity index is 1290. The number of piperidine rings is 1. The van der Waals surface area contributed by atoms with Gasteiger partial charge in [-0.1, -0.05) is 6.07 Å². The molecular formula is C25H27F2N3O4. The van der Waals surface area contributed by atoms with Gasteiger partial charge in [0.15, 0.2) is 11.6 Å². The van der Waals surface area contributed by atoms with E-state index in [0.29, 0.717) is 42.9 Å². The molecule has 0 saturated carbocycles. The zero-order valence-corrected chi connectivity index (χ0v) is 19.6. The number of benzene rings is 2. The number of H-pyrrole nitrogens is 1. The molecule has 3 aromatic rings. The Morgan fingerprint density at radius 1 is 1.09 bits per heavy atom. The molecule has 34 heavy (non-hydrogen) atoms. The summed E-state index contributed by atoms with van der Waals surface area (Å²) in [5.41, 5.74) is -0.308. The Labute approximate surface area is 195 Å². The first-order chi connectivity index (χ1) is 16.1. The van der Waals surface area contributed by atoms with Gasteiger partial charge in [0, 0.05) is 19.0 Å². The molecule has 0 aliphatic carbocycles. The molecule has 0 radical (unpaired) electrons. The number of nitrogens with zero attached hydrogens (tertiary/aromatic N) is 2. The van der Waals surface area contributed by atoms with Crippen LogP contribution in [0.4, 0.5) is 13.6 Å². The second-order valence-electron chi connectivity index (χ2n) is 9.40. The Balaban J connectivity index is 1.58. The van der Waals surface area contributed by atoms with Crippen LogP contribution in [-0.2, 0) is 4.74 Å².